The molecule has 4 heteroatoms. The Morgan fingerprint density at radius 1 is 1.53 bits per heavy atom. The van der Waals surface area contributed by atoms with E-state index in [4.69, 9.17) is 0 Å². The number of piperidine rings is 1. The van der Waals surface area contributed by atoms with Crippen LogP contribution in [-0.2, 0) is 6.42 Å². The molecule has 2 rings (SSSR count). The summed E-state index contributed by atoms with van der Waals surface area (Å²) in [6.07, 6.45) is 6.42. The minimum absolute atomic E-state index is 0.543. The Kier molecular flexibility index (Phi) is 4.20. The summed E-state index contributed by atoms with van der Waals surface area (Å²) in [7, 11) is 0. The number of hydrogen-bond acceptors (Lipinski definition) is 3. The largest absolute Gasteiger partial charge is 0.381 e. The molecule has 1 fully saturated rings. The van der Waals surface area contributed by atoms with E-state index in [0.717, 1.165) is 50.2 Å². The van der Waals surface area contributed by atoms with E-state index in [1.54, 1.807) is 0 Å². The van der Waals surface area contributed by atoms with Crippen molar-refractivity contribution in [2.24, 2.45) is 0 Å². The number of aryl methyl sites for hydroxylation is 1. The van der Waals surface area contributed by atoms with Crippen molar-refractivity contribution in [2.45, 2.75) is 38.6 Å². The molecule has 94 valence electrons. The number of nitrogens with zero attached hydrogens (tertiary/aromatic N) is 1. The Hall–Kier alpha value is -1.29. The molecule has 1 aliphatic heterocycles. The lowest BCUT2D eigenvalue weighted by atomic mass is 10.0. The predicted molar refractivity (Wildman–Crippen MR) is 70.6 cm³/mol. The van der Waals surface area contributed by atoms with E-state index in [-0.39, 0.29) is 0 Å². The van der Waals surface area contributed by atoms with Crippen molar-refractivity contribution < 1.29 is 0 Å². The maximum Gasteiger partial charge on any atom is 0.0835 e. The summed E-state index contributed by atoms with van der Waals surface area (Å²) in [6, 6.07) is 0.543. The average molecular weight is 234 g/mol. The van der Waals surface area contributed by atoms with Gasteiger partial charge in [0.15, 0.2) is 0 Å². The third-order valence-corrected chi connectivity index (χ3v) is 3.26. The molecule has 3 N–H and O–H groups in total. The van der Waals surface area contributed by atoms with Gasteiger partial charge in [0.05, 0.1) is 17.6 Å². The summed E-state index contributed by atoms with van der Waals surface area (Å²) in [4.78, 5) is 0. The third kappa shape index (κ3) is 3.09. The Labute approximate surface area is 103 Å². The van der Waals surface area contributed by atoms with Crippen molar-refractivity contribution in [1.29, 1.82) is 0 Å². The fraction of sp³-hybridized carbons (Fsp3) is 0.615. The molecule has 0 aliphatic carbocycles. The highest BCUT2D eigenvalue weighted by molar-refractivity contribution is 5.61. The fourth-order valence-electron chi connectivity index (χ4n) is 2.32. The molecule has 1 aliphatic rings. The molecule has 0 saturated carbocycles. The fourth-order valence-corrected chi connectivity index (χ4v) is 2.32. The zero-order valence-corrected chi connectivity index (χ0v) is 10.6. The van der Waals surface area contributed by atoms with Gasteiger partial charge in [-0.05, 0) is 37.9 Å². The van der Waals surface area contributed by atoms with Gasteiger partial charge < -0.3 is 10.6 Å². The van der Waals surface area contributed by atoms with E-state index in [1.807, 2.05) is 6.20 Å². The first-order valence-electron chi connectivity index (χ1n) is 6.50. The Morgan fingerprint density at radius 3 is 3.00 bits per heavy atom. The van der Waals surface area contributed by atoms with Gasteiger partial charge in [0, 0.05) is 6.04 Å². The van der Waals surface area contributed by atoms with E-state index >= 15 is 0 Å². The van der Waals surface area contributed by atoms with E-state index < -0.39 is 0 Å². The first kappa shape index (κ1) is 12.2. The highest BCUT2D eigenvalue weighted by Crippen LogP contribution is 2.16. The second-order valence-electron chi connectivity index (χ2n) is 4.67. The molecule has 4 nitrogen and oxygen atoms in total. The van der Waals surface area contributed by atoms with Crippen LogP contribution in [0.3, 0.4) is 0 Å². The topological polar surface area (TPSA) is 52.7 Å². The zero-order valence-electron chi connectivity index (χ0n) is 10.6. The van der Waals surface area contributed by atoms with Gasteiger partial charge in [-0.2, -0.15) is 5.10 Å². The standard InChI is InChI=1S/C13H22N4/c1-3-4-11-9-15-17-13(11)10(2)16-12-5-7-14-8-6-12/h9,12,14,16H,2-8H2,1H3,(H,15,17). The molecule has 0 amide bonds. The zero-order chi connectivity index (χ0) is 12.1. The smallest absolute Gasteiger partial charge is 0.0835 e. The van der Waals surface area contributed by atoms with Crippen molar-refractivity contribution in [3.63, 3.8) is 0 Å². The highest BCUT2D eigenvalue weighted by Gasteiger charge is 2.15. The number of aromatic amines is 1. The van der Waals surface area contributed by atoms with Gasteiger partial charge in [0.2, 0.25) is 0 Å². The van der Waals surface area contributed by atoms with Gasteiger partial charge in [-0.25, -0.2) is 0 Å². The summed E-state index contributed by atoms with van der Waals surface area (Å²) >= 11 is 0. The maximum atomic E-state index is 4.13. The summed E-state index contributed by atoms with van der Waals surface area (Å²) in [5.41, 5.74) is 3.32. The van der Waals surface area contributed by atoms with Crippen LogP contribution in [0.25, 0.3) is 5.70 Å². The summed E-state index contributed by atoms with van der Waals surface area (Å²) < 4.78 is 0. The Morgan fingerprint density at radius 2 is 2.29 bits per heavy atom. The van der Waals surface area contributed by atoms with Crippen LogP contribution in [0.1, 0.15) is 37.4 Å². The van der Waals surface area contributed by atoms with Gasteiger partial charge in [-0.15, -0.1) is 0 Å². The van der Waals surface area contributed by atoms with E-state index in [9.17, 15) is 0 Å². The van der Waals surface area contributed by atoms with Crippen LogP contribution >= 0.6 is 0 Å². The molecule has 1 saturated heterocycles. The SMILES string of the molecule is C=C(NC1CCNCC1)c1[nH]ncc1CCC. The first-order chi connectivity index (χ1) is 8.31. The molecule has 0 unspecified atom stereocenters. The number of rotatable bonds is 5. The van der Waals surface area contributed by atoms with Crippen LogP contribution in [0.15, 0.2) is 12.8 Å². The van der Waals surface area contributed by atoms with Gasteiger partial charge in [-0.3, -0.25) is 5.10 Å². The van der Waals surface area contributed by atoms with Crippen LogP contribution in [0.4, 0.5) is 0 Å². The molecule has 1 aromatic rings. The van der Waals surface area contributed by atoms with Crippen LogP contribution in [0.2, 0.25) is 0 Å². The maximum absolute atomic E-state index is 4.13. The quantitative estimate of drug-likeness (QED) is 0.726. The van der Waals surface area contributed by atoms with Crippen LogP contribution < -0.4 is 10.6 Å². The minimum Gasteiger partial charge on any atom is -0.381 e. The minimum atomic E-state index is 0.543. The lowest BCUT2D eigenvalue weighted by Crippen LogP contribution is -2.39. The number of nitrogens with one attached hydrogen (secondary N) is 3. The van der Waals surface area contributed by atoms with E-state index in [2.05, 4.69) is 34.3 Å². The molecular weight excluding hydrogens is 212 g/mol. The summed E-state index contributed by atoms with van der Waals surface area (Å²) in [5.74, 6) is 0. The highest BCUT2D eigenvalue weighted by atomic mass is 15.1. The molecule has 1 aromatic heterocycles. The summed E-state index contributed by atoms with van der Waals surface area (Å²) in [6.45, 7) is 8.50. The van der Waals surface area contributed by atoms with E-state index in [1.165, 1.54) is 5.56 Å². The monoisotopic (exact) mass is 234 g/mol. The molecular formula is C13H22N4. The van der Waals surface area contributed by atoms with Gasteiger partial charge in [-0.1, -0.05) is 19.9 Å². The number of hydrogen-bond donors (Lipinski definition) is 3. The predicted octanol–water partition coefficient (Wildman–Crippen LogP) is 1.67. The van der Waals surface area contributed by atoms with Crippen molar-refractivity contribution in [3.05, 3.63) is 24.0 Å². The summed E-state index contributed by atoms with van der Waals surface area (Å²) in [5, 5.41) is 14.0. The second-order valence-corrected chi connectivity index (χ2v) is 4.67. The second kappa shape index (κ2) is 5.87. The molecule has 0 atom stereocenters. The van der Waals surface area contributed by atoms with Crippen LogP contribution in [0, 0.1) is 0 Å². The Bertz CT molecular complexity index is 363. The van der Waals surface area contributed by atoms with E-state index in [0.29, 0.717) is 6.04 Å². The van der Waals surface area contributed by atoms with Crippen molar-refractivity contribution >= 4 is 5.70 Å². The van der Waals surface area contributed by atoms with Crippen molar-refractivity contribution in [2.75, 3.05) is 13.1 Å². The normalized spacial score (nSPS) is 17.0. The molecule has 0 radical (unpaired) electrons. The van der Waals surface area contributed by atoms with Crippen LogP contribution in [0.5, 0.6) is 0 Å². The average Bonchev–Trinajstić information content (AvgIpc) is 2.79. The molecule has 0 bridgehead atoms. The van der Waals surface area contributed by atoms with Crippen LogP contribution in [-0.4, -0.2) is 29.3 Å². The third-order valence-electron chi connectivity index (χ3n) is 3.26. The number of aromatic nitrogens is 2. The van der Waals surface area contributed by atoms with Gasteiger partial charge >= 0.3 is 0 Å². The van der Waals surface area contributed by atoms with Gasteiger partial charge in [0.1, 0.15) is 0 Å². The van der Waals surface area contributed by atoms with Gasteiger partial charge in [0.25, 0.3) is 0 Å². The lowest BCUT2D eigenvalue weighted by molar-refractivity contribution is 0.424. The molecule has 2 heterocycles. The lowest BCUT2D eigenvalue weighted by Gasteiger charge is -2.25. The number of H-pyrrole nitrogens is 1. The molecule has 0 spiro atoms. The van der Waals surface area contributed by atoms with Crippen molar-refractivity contribution in [3.8, 4) is 0 Å². The van der Waals surface area contributed by atoms with Crippen molar-refractivity contribution in [1.82, 2.24) is 20.8 Å². The Balaban J connectivity index is 1.96. The first-order valence-corrected chi connectivity index (χ1v) is 6.50. The molecule has 17 heavy (non-hydrogen) atoms. The molecule has 0 aromatic carbocycles.